The van der Waals surface area contributed by atoms with Gasteiger partial charge in [0, 0.05) is 18.7 Å². The van der Waals surface area contributed by atoms with Crippen LogP contribution in [0.3, 0.4) is 0 Å². The number of nitrogens with zero attached hydrogens (tertiary/aromatic N) is 4. The van der Waals surface area contributed by atoms with Crippen LogP contribution in [-0.2, 0) is 4.74 Å². The zero-order valence-electron chi connectivity index (χ0n) is 14.1. The second kappa shape index (κ2) is 6.89. The average molecular weight is 390 g/mol. The number of nitrogen functional groups attached to an aromatic ring is 1. The number of fused-ring (bicyclic) bond motifs is 1. The zero-order chi connectivity index (χ0) is 19.0. The number of hydrogen-bond acceptors (Lipinski definition) is 8. The number of aromatic nitrogens is 4. The van der Waals surface area contributed by atoms with Gasteiger partial charge in [-0.05, 0) is 6.07 Å². The van der Waals surface area contributed by atoms with Gasteiger partial charge in [-0.15, -0.1) is 0 Å². The molecule has 0 radical (unpaired) electrons. The molecule has 0 bridgehead atoms. The summed E-state index contributed by atoms with van der Waals surface area (Å²) in [4.78, 5) is 20.2. The zero-order valence-corrected chi connectivity index (χ0v) is 14.8. The Morgan fingerprint density at radius 3 is 3.00 bits per heavy atom. The van der Waals surface area contributed by atoms with Gasteiger partial charge in [-0.3, -0.25) is 4.79 Å². The molecule has 4 rings (SSSR count). The molecule has 1 aliphatic heterocycles. The third-order valence-corrected chi connectivity index (χ3v) is 4.22. The first-order chi connectivity index (χ1) is 13.0. The third kappa shape index (κ3) is 3.44. The van der Waals surface area contributed by atoms with E-state index in [-0.39, 0.29) is 23.1 Å². The van der Waals surface area contributed by atoms with Crippen LogP contribution < -0.4 is 21.5 Å². The molecule has 3 aromatic heterocycles. The van der Waals surface area contributed by atoms with Crippen LogP contribution in [0.4, 0.5) is 17.3 Å². The van der Waals surface area contributed by atoms with Gasteiger partial charge in [0.15, 0.2) is 5.65 Å². The van der Waals surface area contributed by atoms with Crippen molar-refractivity contribution in [3.8, 4) is 5.88 Å². The molecule has 3 aromatic rings. The fourth-order valence-electron chi connectivity index (χ4n) is 2.74. The van der Waals surface area contributed by atoms with Crippen molar-refractivity contribution >= 4 is 40.5 Å². The first-order valence-electron chi connectivity index (χ1n) is 8.12. The lowest BCUT2D eigenvalue weighted by Crippen LogP contribution is -2.17. The third-order valence-electron chi connectivity index (χ3n) is 4.01. The Hall–Kier alpha value is -3.11. The highest BCUT2D eigenvalue weighted by molar-refractivity contribution is 6.30. The molecule has 1 atom stereocenters. The molecule has 0 aliphatic carbocycles. The van der Waals surface area contributed by atoms with Crippen LogP contribution >= 0.6 is 11.6 Å². The van der Waals surface area contributed by atoms with Crippen LogP contribution in [0.1, 0.15) is 16.8 Å². The minimum Gasteiger partial charge on any atom is -0.470 e. The van der Waals surface area contributed by atoms with E-state index < -0.39 is 5.91 Å². The number of rotatable bonds is 5. The van der Waals surface area contributed by atoms with Crippen LogP contribution in [0, 0.1) is 0 Å². The van der Waals surface area contributed by atoms with Crippen molar-refractivity contribution in [1.29, 1.82) is 0 Å². The Morgan fingerprint density at radius 1 is 1.41 bits per heavy atom. The molecule has 0 aromatic carbocycles. The highest BCUT2D eigenvalue weighted by Crippen LogP contribution is 2.30. The fourth-order valence-corrected chi connectivity index (χ4v) is 2.89. The lowest BCUT2D eigenvalue weighted by atomic mass is 10.3. The van der Waals surface area contributed by atoms with Gasteiger partial charge in [-0.25, -0.2) is 9.97 Å². The topological polar surface area (TPSA) is 143 Å². The van der Waals surface area contributed by atoms with Crippen molar-refractivity contribution in [2.45, 2.75) is 12.5 Å². The van der Waals surface area contributed by atoms with E-state index in [0.717, 1.165) is 6.42 Å². The highest BCUT2D eigenvalue weighted by atomic mass is 35.5. The monoisotopic (exact) mass is 389 g/mol. The summed E-state index contributed by atoms with van der Waals surface area (Å²) in [5.41, 5.74) is 12.3. The summed E-state index contributed by atoms with van der Waals surface area (Å²) >= 11 is 6.07. The lowest BCUT2D eigenvalue weighted by molar-refractivity contribution is 0.100. The number of carbonyl (C=O) groups excluding carboxylic acids is 1. The maximum absolute atomic E-state index is 11.6. The Bertz CT molecular complexity index is 1020. The van der Waals surface area contributed by atoms with Crippen LogP contribution in [0.2, 0.25) is 5.02 Å². The summed E-state index contributed by atoms with van der Waals surface area (Å²) in [5, 5.41) is 7.52. The highest BCUT2D eigenvalue weighted by Gasteiger charge is 2.20. The minimum atomic E-state index is -0.649. The number of halogens is 1. The van der Waals surface area contributed by atoms with E-state index in [4.69, 9.17) is 32.5 Å². The molecule has 11 heteroatoms. The summed E-state index contributed by atoms with van der Waals surface area (Å²) in [5.74, 6) is 0.346. The molecule has 0 saturated carbocycles. The first kappa shape index (κ1) is 17.3. The molecule has 0 spiro atoms. The Morgan fingerprint density at radius 2 is 2.26 bits per heavy atom. The van der Waals surface area contributed by atoms with Gasteiger partial charge in [-0.2, -0.15) is 9.61 Å². The molecular weight excluding hydrogens is 374 g/mol. The van der Waals surface area contributed by atoms with Gasteiger partial charge in [0.2, 0.25) is 5.88 Å². The van der Waals surface area contributed by atoms with E-state index in [1.54, 1.807) is 12.1 Å². The molecule has 140 valence electrons. The number of ether oxygens (including phenoxy) is 2. The van der Waals surface area contributed by atoms with E-state index in [9.17, 15) is 4.79 Å². The number of primary amides is 1. The van der Waals surface area contributed by atoms with E-state index in [2.05, 4.69) is 20.4 Å². The molecule has 27 heavy (non-hydrogen) atoms. The molecular formula is C16H16ClN7O3. The van der Waals surface area contributed by atoms with Gasteiger partial charge in [0.25, 0.3) is 5.91 Å². The Kier molecular flexibility index (Phi) is 4.42. The van der Waals surface area contributed by atoms with Gasteiger partial charge in [-0.1, -0.05) is 11.6 Å². The number of amides is 1. The predicted octanol–water partition coefficient (Wildman–Crippen LogP) is 1.37. The van der Waals surface area contributed by atoms with Crippen LogP contribution in [-0.4, -0.2) is 44.8 Å². The Labute approximate surface area is 158 Å². The number of hydrogen-bond donors (Lipinski definition) is 3. The molecule has 5 N–H and O–H groups in total. The van der Waals surface area contributed by atoms with Crippen molar-refractivity contribution in [2.24, 2.45) is 5.73 Å². The summed E-state index contributed by atoms with van der Waals surface area (Å²) in [6.07, 6.45) is 3.50. The van der Waals surface area contributed by atoms with Crippen molar-refractivity contribution in [2.75, 3.05) is 24.3 Å². The van der Waals surface area contributed by atoms with Crippen LogP contribution in [0.15, 0.2) is 24.5 Å². The summed E-state index contributed by atoms with van der Waals surface area (Å²) in [7, 11) is 0. The lowest BCUT2D eigenvalue weighted by Gasteiger charge is -2.16. The van der Waals surface area contributed by atoms with E-state index in [1.165, 1.54) is 16.9 Å². The number of pyridine rings is 1. The van der Waals surface area contributed by atoms with Crippen LogP contribution in [0.25, 0.3) is 5.65 Å². The number of nitrogens with two attached hydrogens (primary N) is 2. The van der Waals surface area contributed by atoms with Crippen molar-refractivity contribution < 1.29 is 14.3 Å². The average Bonchev–Trinajstić information content (AvgIpc) is 3.27. The van der Waals surface area contributed by atoms with Crippen molar-refractivity contribution in [3.05, 3.63) is 35.1 Å². The normalized spacial score (nSPS) is 16.6. The van der Waals surface area contributed by atoms with Gasteiger partial charge in [0.1, 0.15) is 29.0 Å². The second-order valence-electron chi connectivity index (χ2n) is 5.96. The van der Waals surface area contributed by atoms with Gasteiger partial charge < -0.3 is 26.3 Å². The number of nitrogens with one attached hydrogen (secondary N) is 1. The quantitative estimate of drug-likeness (QED) is 0.593. The molecule has 4 heterocycles. The van der Waals surface area contributed by atoms with Crippen LogP contribution in [0.5, 0.6) is 5.88 Å². The largest absolute Gasteiger partial charge is 0.470 e. The van der Waals surface area contributed by atoms with Crippen molar-refractivity contribution in [3.63, 3.8) is 0 Å². The predicted molar refractivity (Wildman–Crippen MR) is 98.3 cm³/mol. The molecule has 1 aliphatic rings. The molecule has 1 amide bonds. The Balaban J connectivity index is 1.70. The number of carbonyl (C=O) groups is 1. The maximum atomic E-state index is 11.6. The summed E-state index contributed by atoms with van der Waals surface area (Å²) in [6, 6.07) is 3.22. The second-order valence-corrected chi connectivity index (χ2v) is 6.40. The first-order valence-corrected chi connectivity index (χ1v) is 8.50. The van der Waals surface area contributed by atoms with E-state index in [1.807, 2.05) is 0 Å². The van der Waals surface area contributed by atoms with Crippen molar-refractivity contribution in [1.82, 2.24) is 19.6 Å². The molecule has 1 unspecified atom stereocenters. The number of anilines is 3. The minimum absolute atomic E-state index is 0.0870. The van der Waals surface area contributed by atoms with E-state index in [0.29, 0.717) is 35.6 Å². The maximum Gasteiger partial charge on any atom is 0.254 e. The fraction of sp³-hybridized carbons (Fsp3) is 0.250. The summed E-state index contributed by atoms with van der Waals surface area (Å²) < 4.78 is 12.5. The SMILES string of the molecule is NC(=O)c1cnn2c(N)cc(Nc3cc(Cl)cnc3OC3CCOC3)nc12. The standard InChI is InChI=1S/C16H16ClN7O3/c17-8-3-11(16(20-5-8)27-9-1-2-26-7-9)22-13-4-12(18)24-15(23-13)10(6-21-24)14(19)25/h3-6,9H,1-2,7,18H2,(H2,19,25)(H,22,23). The van der Waals surface area contributed by atoms with Gasteiger partial charge in [0.05, 0.1) is 24.4 Å². The van der Waals surface area contributed by atoms with E-state index >= 15 is 0 Å². The molecule has 1 fully saturated rings. The van der Waals surface area contributed by atoms with Gasteiger partial charge >= 0.3 is 0 Å². The smallest absolute Gasteiger partial charge is 0.254 e. The summed E-state index contributed by atoms with van der Waals surface area (Å²) in [6.45, 7) is 1.14. The molecule has 10 nitrogen and oxygen atoms in total. The molecule has 1 saturated heterocycles.